The van der Waals surface area contributed by atoms with E-state index in [1.54, 1.807) is 12.3 Å². The molecule has 8 nitrogen and oxygen atoms in total. The second-order valence-corrected chi connectivity index (χ2v) is 10.6. The number of hydrogen-bond donors (Lipinski definition) is 0. The highest BCUT2D eigenvalue weighted by atomic mass is 32.2. The quantitative estimate of drug-likeness (QED) is 0.719. The van der Waals surface area contributed by atoms with Crippen LogP contribution in [-0.2, 0) is 19.9 Å². The summed E-state index contributed by atoms with van der Waals surface area (Å²) < 4.78 is 53.7. The van der Waals surface area contributed by atoms with E-state index in [4.69, 9.17) is 4.74 Å². The summed E-state index contributed by atoms with van der Waals surface area (Å²) in [5.74, 6) is -0.192. The molecule has 1 aromatic heterocycles. The van der Waals surface area contributed by atoms with Crippen molar-refractivity contribution in [1.29, 1.82) is 0 Å². The van der Waals surface area contributed by atoms with Crippen molar-refractivity contribution in [3.63, 3.8) is 0 Å². The number of sulfonamides is 1. The third-order valence-corrected chi connectivity index (χ3v) is 8.44. The number of aryl methyl sites for hydroxylation is 1. The Labute approximate surface area is 135 Å². The van der Waals surface area contributed by atoms with Gasteiger partial charge in [0.2, 0.25) is 10.0 Å². The predicted molar refractivity (Wildman–Crippen MR) is 83.3 cm³/mol. The number of sulfone groups is 1. The van der Waals surface area contributed by atoms with Gasteiger partial charge in [0.05, 0.1) is 18.6 Å². The van der Waals surface area contributed by atoms with Gasteiger partial charge in [0, 0.05) is 30.9 Å². The second-order valence-electron chi connectivity index (χ2n) is 6.19. The molecule has 1 atom stereocenters. The first-order chi connectivity index (χ1) is 10.6. The molecular weight excluding hydrogens is 342 g/mol. The van der Waals surface area contributed by atoms with Gasteiger partial charge >= 0.3 is 6.01 Å². The van der Waals surface area contributed by atoms with Crippen molar-refractivity contribution in [2.75, 3.05) is 31.7 Å². The van der Waals surface area contributed by atoms with Crippen LogP contribution >= 0.6 is 0 Å². The molecule has 128 valence electrons. The molecule has 0 radical (unpaired) electrons. The summed E-state index contributed by atoms with van der Waals surface area (Å²) in [6.07, 6.45) is 3.13. The van der Waals surface area contributed by atoms with Crippen molar-refractivity contribution >= 4 is 19.9 Å². The summed E-state index contributed by atoms with van der Waals surface area (Å²) in [6.45, 7) is 2.00. The van der Waals surface area contributed by atoms with Crippen LogP contribution in [0.3, 0.4) is 0 Å². The van der Waals surface area contributed by atoms with Crippen LogP contribution in [0.5, 0.6) is 6.01 Å². The molecule has 0 aromatic carbocycles. The van der Waals surface area contributed by atoms with Crippen molar-refractivity contribution in [2.24, 2.45) is 5.92 Å². The highest BCUT2D eigenvalue weighted by Gasteiger charge is 2.63. The Balaban J connectivity index is 1.75. The van der Waals surface area contributed by atoms with Gasteiger partial charge in [-0.1, -0.05) is 0 Å². The van der Waals surface area contributed by atoms with Crippen LogP contribution in [0, 0.1) is 12.8 Å². The lowest BCUT2D eigenvalue weighted by Gasteiger charge is -2.48. The fraction of sp³-hybridized carbons (Fsp3) is 0.692. The van der Waals surface area contributed by atoms with Crippen LogP contribution in [0.2, 0.25) is 0 Å². The van der Waals surface area contributed by atoms with Gasteiger partial charge in [-0.25, -0.2) is 26.8 Å². The number of nitrogens with zero attached hydrogens (tertiary/aromatic N) is 3. The molecule has 2 fully saturated rings. The first kappa shape index (κ1) is 16.6. The zero-order chi connectivity index (χ0) is 16.9. The Bertz CT molecular complexity index is 816. The minimum Gasteiger partial charge on any atom is -0.463 e. The summed E-state index contributed by atoms with van der Waals surface area (Å²) >= 11 is 0. The topological polar surface area (TPSA) is 107 Å². The molecule has 2 saturated heterocycles. The Morgan fingerprint density at radius 3 is 2.74 bits per heavy atom. The minimum atomic E-state index is -3.37. The van der Waals surface area contributed by atoms with Crippen molar-refractivity contribution in [3.8, 4) is 6.01 Å². The number of rotatable bonds is 4. The maximum Gasteiger partial charge on any atom is 0.316 e. The first-order valence-electron chi connectivity index (χ1n) is 7.24. The predicted octanol–water partition coefficient (Wildman–Crippen LogP) is -0.387. The highest BCUT2D eigenvalue weighted by Crippen LogP contribution is 2.45. The van der Waals surface area contributed by atoms with E-state index in [2.05, 4.69) is 9.97 Å². The van der Waals surface area contributed by atoms with Crippen LogP contribution in [-0.4, -0.2) is 67.6 Å². The summed E-state index contributed by atoms with van der Waals surface area (Å²) in [4.78, 5) is 8.12. The lowest BCUT2D eigenvalue weighted by atomic mass is 9.85. The van der Waals surface area contributed by atoms with Crippen LogP contribution in [0.4, 0.5) is 0 Å². The molecule has 1 spiro atoms. The molecule has 0 saturated carbocycles. The average Bonchev–Trinajstić information content (AvgIpc) is 2.64. The molecule has 0 amide bonds. The Morgan fingerprint density at radius 1 is 1.43 bits per heavy atom. The van der Waals surface area contributed by atoms with Gasteiger partial charge in [0.15, 0.2) is 9.84 Å². The van der Waals surface area contributed by atoms with Gasteiger partial charge in [-0.15, -0.1) is 0 Å². The lowest BCUT2D eigenvalue weighted by Crippen LogP contribution is -2.68. The van der Waals surface area contributed by atoms with Crippen LogP contribution in [0.25, 0.3) is 0 Å². The smallest absolute Gasteiger partial charge is 0.316 e. The molecule has 10 heteroatoms. The molecule has 0 N–H and O–H groups in total. The number of aromatic nitrogens is 2. The highest BCUT2D eigenvalue weighted by molar-refractivity contribution is 7.93. The van der Waals surface area contributed by atoms with E-state index in [0.717, 1.165) is 11.9 Å². The van der Waals surface area contributed by atoms with Crippen molar-refractivity contribution in [1.82, 2.24) is 14.3 Å². The van der Waals surface area contributed by atoms with Gasteiger partial charge in [-0.05, 0) is 19.4 Å². The fourth-order valence-electron chi connectivity index (χ4n) is 3.16. The molecule has 3 rings (SSSR count). The van der Waals surface area contributed by atoms with Crippen molar-refractivity contribution in [3.05, 3.63) is 18.0 Å². The molecular formula is C13H19N3O5S2. The third kappa shape index (κ3) is 2.83. The maximum atomic E-state index is 12.4. The van der Waals surface area contributed by atoms with E-state index in [9.17, 15) is 16.8 Å². The fourth-order valence-corrected chi connectivity index (χ4v) is 6.66. The second kappa shape index (κ2) is 5.38. The van der Waals surface area contributed by atoms with Gasteiger partial charge in [0.25, 0.3) is 0 Å². The zero-order valence-electron chi connectivity index (χ0n) is 13.0. The van der Waals surface area contributed by atoms with Gasteiger partial charge < -0.3 is 4.74 Å². The summed E-state index contributed by atoms with van der Waals surface area (Å²) in [5, 5.41) is 0. The number of hydrogen-bond acceptors (Lipinski definition) is 7. The molecule has 0 bridgehead atoms. The summed E-state index contributed by atoms with van der Waals surface area (Å²) in [6, 6.07) is 1.95. The summed E-state index contributed by atoms with van der Waals surface area (Å²) in [5.41, 5.74) is 0.760. The van der Waals surface area contributed by atoms with E-state index >= 15 is 0 Å². The van der Waals surface area contributed by atoms with Crippen molar-refractivity contribution in [2.45, 2.75) is 18.1 Å². The minimum absolute atomic E-state index is 0.0108. The first-order valence-corrected chi connectivity index (χ1v) is 10.7. The van der Waals surface area contributed by atoms with Crippen molar-refractivity contribution < 1.29 is 21.6 Å². The van der Waals surface area contributed by atoms with Crippen LogP contribution in [0.1, 0.15) is 12.1 Å². The molecule has 2 aliphatic heterocycles. The SMILES string of the molecule is Cc1ccnc(OC[C@H]2CCS(=O)(=O)C23CN(S(C)(=O)=O)C3)n1. The Hall–Kier alpha value is -1.26. The largest absolute Gasteiger partial charge is 0.463 e. The number of ether oxygens (including phenoxy) is 1. The van der Waals surface area contributed by atoms with E-state index < -0.39 is 24.6 Å². The normalized spacial score (nSPS) is 26.1. The Kier molecular flexibility index (Phi) is 3.88. The molecule has 0 unspecified atom stereocenters. The molecule has 1 aromatic rings. The third-order valence-electron chi connectivity index (χ3n) is 4.64. The van der Waals surface area contributed by atoms with E-state index in [-0.39, 0.29) is 37.4 Å². The molecule has 3 heterocycles. The lowest BCUT2D eigenvalue weighted by molar-refractivity contribution is 0.121. The van der Waals surface area contributed by atoms with Gasteiger partial charge in [-0.3, -0.25) is 0 Å². The standard InChI is InChI=1S/C13H19N3O5S2/c1-10-3-5-14-12(15-10)21-7-11-4-6-23(19,20)13(11)8-16(9-13)22(2,17)18/h3,5,11H,4,6-9H2,1-2H3/t11-/m1/s1. The molecule has 23 heavy (non-hydrogen) atoms. The van der Waals surface area contributed by atoms with E-state index in [1.165, 1.54) is 4.31 Å². The van der Waals surface area contributed by atoms with Crippen LogP contribution < -0.4 is 4.74 Å². The maximum absolute atomic E-state index is 12.4. The monoisotopic (exact) mass is 361 g/mol. The van der Waals surface area contributed by atoms with Gasteiger partial charge in [0.1, 0.15) is 4.75 Å². The molecule has 0 aliphatic carbocycles. The van der Waals surface area contributed by atoms with Crippen LogP contribution in [0.15, 0.2) is 12.3 Å². The average molecular weight is 361 g/mol. The summed E-state index contributed by atoms with van der Waals surface area (Å²) in [7, 11) is -6.70. The molecule has 2 aliphatic rings. The zero-order valence-corrected chi connectivity index (χ0v) is 14.6. The van der Waals surface area contributed by atoms with E-state index in [0.29, 0.717) is 6.42 Å². The Morgan fingerprint density at radius 2 is 2.13 bits per heavy atom. The van der Waals surface area contributed by atoms with Gasteiger partial charge in [-0.2, -0.15) is 4.31 Å². The van der Waals surface area contributed by atoms with E-state index in [1.807, 2.05) is 6.92 Å².